The van der Waals surface area contributed by atoms with Crippen molar-refractivity contribution in [1.82, 2.24) is 9.97 Å². The second-order valence-corrected chi connectivity index (χ2v) is 10.7. The van der Waals surface area contributed by atoms with E-state index in [4.69, 9.17) is 14.2 Å². The summed E-state index contributed by atoms with van der Waals surface area (Å²) in [4.78, 5) is 7.85. The third kappa shape index (κ3) is 5.17. The molecule has 0 radical (unpaired) electrons. The molecule has 0 N–H and O–H groups in total. The molecule has 2 aliphatic heterocycles. The Bertz CT molecular complexity index is 1340. The van der Waals surface area contributed by atoms with Crippen molar-refractivity contribution in [1.29, 1.82) is 0 Å². The van der Waals surface area contributed by atoms with E-state index in [-0.39, 0.29) is 35.0 Å². The Morgan fingerprint density at radius 1 is 1.03 bits per heavy atom. The minimum Gasteiger partial charge on any atom is -0.493 e. The van der Waals surface area contributed by atoms with Gasteiger partial charge in [0.05, 0.1) is 41.7 Å². The van der Waals surface area contributed by atoms with Crippen LogP contribution in [0.15, 0.2) is 59.9 Å². The minimum absolute atomic E-state index is 0.0764. The van der Waals surface area contributed by atoms with Crippen molar-refractivity contribution in [3.63, 3.8) is 0 Å². The molecule has 0 spiro atoms. The van der Waals surface area contributed by atoms with E-state index >= 15 is 0 Å². The molecule has 1 saturated heterocycles. The molecule has 2 aromatic carbocycles. The van der Waals surface area contributed by atoms with Crippen molar-refractivity contribution < 1.29 is 35.8 Å². The number of ether oxygens (including phenoxy) is 3. The van der Waals surface area contributed by atoms with Gasteiger partial charge in [0.15, 0.2) is 9.84 Å². The van der Waals surface area contributed by atoms with Crippen LogP contribution in [-0.2, 0) is 26.5 Å². The lowest BCUT2D eigenvalue weighted by atomic mass is 9.85. The minimum atomic E-state index is -4.51. The van der Waals surface area contributed by atoms with Gasteiger partial charge in [0.25, 0.3) is 0 Å². The Morgan fingerprint density at radius 3 is 2.58 bits per heavy atom. The fourth-order valence-corrected chi connectivity index (χ4v) is 5.74. The van der Waals surface area contributed by atoms with E-state index in [1.54, 1.807) is 6.07 Å². The zero-order valence-corrected chi connectivity index (χ0v) is 19.9. The van der Waals surface area contributed by atoms with E-state index in [1.165, 1.54) is 36.8 Å². The predicted octanol–water partition coefficient (Wildman–Crippen LogP) is 4.55. The van der Waals surface area contributed by atoms with Gasteiger partial charge in [-0.3, -0.25) is 0 Å². The first-order valence-corrected chi connectivity index (χ1v) is 13.1. The van der Waals surface area contributed by atoms with Crippen LogP contribution in [0.2, 0.25) is 0 Å². The van der Waals surface area contributed by atoms with Crippen LogP contribution < -0.4 is 9.47 Å². The highest BCUT2D eigenvalue weighted by molar-refractivity contribution is 7.90. The summed E-state index contributed by atoms with van der Waals surface area (Å²) in [7, 11) is -3.71. The molecule has 0 amide bonds. The molecule has 3 heterocycles. The van der Waals surface area contributed by atoms with Crippen molar-refractivity contribution in [2.45, 2.75) is 41.7 Å². The molecule has 0 aliphatic carbocycles. The summed E-state index contributed by atoms with van der Waals surface area (Å²) in [5.74, 6) is -0.0892. The normalized spacial score (nSPS) is 20.0. The van der Waals surface area contributed by atoms with E-state index in [1.807, 2.05) is 0 Å². The summed E-state index contributed by atoms with van der Waals surface area (Å²) in [5.41, 5.74) is 0.855. The van der Waals surface area contributed by atoms with Crippen LogP contribution in [0.3, 0.4) is 0 Å². The topological polar surface area (TPSA) is 87.6 Å². The summed E-state index contributed by atoms with van der Waals surface area (Å²) in [6, 6.07) is 9.66. The SMILES string of the molecule is O=S(=O)(Cc1ccncn1)c1ccc2c(c1)OCC[C@@H]2c1ccc(C(F)(F)F)cc1O[C@H]1CCOC1. The van der Waals surface area contributed by atoms with Crippen molar-refractivity contribution in [2.24, 2.45) is 0 Å². The number of hydrogen-bond acceptors (Lipinski definition) is 7. The summed E-state index contributed by atoms with van der Waals surface area (Å²) < 4.78 is 83.3. The van der Waals surface area contributed by atoms with Crippen LogP contribution in [0.25, 0.3) is 0 Å². The average Bonchev–Trinajstić information content (AvgIpc) is 3.36. The highest BCUT2D eigenvalue weighted by Gasteiger charge is 2.34. The molecule has 0 bridgehead atoms. The summed E-state index contributed by atoms with van der Waals surface area (Å²) in [5, 5.41) is 0. The number of nitrogens with zero attached hydrogens (tertiary/aromatic N) is 2. The van der Waals surface area contributed by atoms with Gasteiger partial charge >= 0.3 is 6.18 Å². The summed E-state index contributed by atoms with van der Waals surface area (Å²) in [6.07, 6.45) is -0.993. The van der Waals surface area contributed by atoms with Gasteiger partial charge in [-0.15, -0.1) is 0 Å². The lowest BCUT2D eigenvalue weighted by molar-refractivity contribution is -0.137. The number of sulfone groups is 1. The van der Waals surface area contributed by atoms with Crippen LogP contribution in [0.1, 0.15) is 41.1 Å². The van der Waals surface area contributed by atoms with Gasteiger partial charge in [0.1, 0.15) is 23.9 Å². The van der Waals surface area contributed by atoms with Crippen LogP contribution in [-0.4, -0.2) is 44.3 Å². The second kappa shape index (κ2) is 9.70. The predicted molar refractivity (Wildman–Crippen MR) is 123 cm³/mol. The third-order valence-corrected chi connectivity index (χ3v) is 7.91. The number of benzene rings is 2. The smallest absolute Gasteiger partial charge is 0.416 e. The third-order valence-electron chi connectivity index (χ3n) is 6.26. The Balaban J connectivity index is 1.49. The largest absolute Gasteiger partial charge is 0.493 e. The molecule has 11 heteroatoms. The average molecular weight is 521 g/mol. The highest BCUT2D eigenvalue weighted by atomic mass is 32.2. The van der Waals surface area contributed by atoms with Crippen LogP contribution in [0, 0.1) is 0 Å². The zero-order valence-electron chi connectivity index (χ0n) is 19.1. The molecule has 1 fully saturated rings. The number of rotatable bonds is 6. The Kier molecular flexibility index (Phi) is 6.60. The molecular weight excluding hydrogens is 497 g/mol. The first-order valence-electron chi connectivity index (χ1n) is 11.4. The van der Waals surface area contributed by atoms with E-state index in [0.29, 0.717) is 48.6 Å². The zero-order chi connectivity index (χ0) is 25.3. The van der Waals surface area contributed by atoms with Gasteiger partial charge in [-0.1, -0.05) is 12.1 Å². The molecule has 2 atom stereocenters. The number of aromatic nitrogens is 2. The highest BCUT2D eigenvalue weighted by Crippen LogP contribution is 2.44. The molecule has 3 aromatic rings. The fraction of sp³-hybridized carbons (Fsp3) is 0.360. The van der Waals surface area contributed by atoms with E-state index in [2.05, 4.69) is 9.97 Å². The molecule has 1 aromatic heterocycles. The van der Waals surface area contributed by atoms with E-state index in [9.17, 15) is 21.6 Å². The van der Waals surface area contributed by atoms with Gasteiger partial charge in [-0.25, -0.2) is 18.4 Å². The van der Waals surface area contributed by atoms with Gasteiger partial charge in [0.2, 0.25) is 0 Å². The Hall–Kier alpha value is -3.18. The maximum atomic E-state index is 13.4. The molecule has 0 unspecified atom stereocenters. The maximum absolute atomic E-state index is 13.4. The molecule has 190 valence electrons. The molecule has 5 rings (SSSR count). The monoisotopic (exact) mass is 520 g/mol. The van der Waals surface area contributed by atoms with Crippen molar-refractivity contribution in [2.75, 3.05) is 19.8 Å². The molecule has 36 heavy (non-hydrogen) atoms. The summed E-state index contributed by atoms with van der Waals surface area (Å²) in [6.45, 7) is 1.08. The maximum Gasteiger partial charge on any atom is 0.416 e. The number of hydrogen-bond donors (Lipinski definition) is 0. The van der Waals surface area contributed by atoms with Gasteiger partial charge in [-0.2, -0.15) is 13.2 Å². The van der Waals surface area contributed by atoms with Gasteiger partial charge < -0.3 is 14.2 Å². The van der Waals surface area contributed by atoms with Crippen molar-refractivity contribution in [3.05, 3.63) is 77.4 Å². The lowest BCUT2D eigenvalue weighted by Gasteiger charge is -2.29. The van der Waals surface area contributed by atoms with Crippen LogP contribution in [0.4, 0.5) is 13.2 Å². The van der Waals surface area contributed by atoms with Crippen molar-refractivity contribution in [3.8, 4) is 11.5 Å². The standard InChI is InChI=1S/C25H23F3N2O5S/c26-25(27,28)16-1-3-22(24(11-16)35-18-6-9-33-13-18)20-7-10-34-23-12-19(2-4-21(20)23)36(31,32)14-17-5-8-29-15-30-17/h1-5,8,11-12,15,18,20H,6-7,9-10,13-14H2/t18-,20-/m0/s1. The summed E-state index contributed by atoms with van der Waals surface area (Å²) >= 11 is 0. The first-order chi connectivity index (χ1) is 17.2. The Morgan fingerprint density at radius 2 is 1.86 bits per heavy atom. The van der Waals surface area contributed by atoms with Crippen molar-refractivity contribution >= 4 is 9.84 Å². The molecule has 2 aliphatic rings. The molecule has 7 nitrogen and oxygen atoms in total. The van der Waals surface area contributed by atoms with Gasteiger partial charge in [-0.05, 0) is 36.8 Å². The number of alkyl halides is 3. The first kappa shape index (κ1) is 24.5. The van der Waals surface area contributed by atoms with Crippen LogP contribution in [0.5, 0.6) is 11.5 Å². The quantitative estimate of drug-likeness (QED) is 0.471. The fourth-order valence-electron chi connectivity index (χ4n) is 4.45. The van der Waals surface area contributed by atoms with E-state index in [0.717, 1.165) is 12.1 Å². The Labute approximate surface area is 206 Å². The molecular formula is C25H23F3N2O5S. The number of halogens is 3. The van der Waals surface area contributed by atoms with E-state index < -0.39 is 21.6 Å². The lowest BCUT2D eigenvalue weighted by Crippen LogP contribution is -2.21. The second-order valence-electron chi connectivity index (χ2n) is 8.70. The molecule has 0 saturated carbocycles. The number of fused-ring (bicyclic) bond motifs is 1. The van der Waals surface area contributed by atoms with Crippen LogP contribution >= 0.6 is 0 Å². The van der Waals surface area contributed by atoms with Gasteiger partial charge in [0, 0.05) is 29.7 Å².